The molecule has 1 saturated carbocycles. The SMILES string of the molecule is Cc1ccc(C2(C(C)C)C[C@H]2C(=O)O)cc1. The van der Waals surface area contributed by atoms with Gasteiger partial charge in [-0.1, -0.05) is 43.7 Å². The second-order valence-corrected chi connectivity index (χ2v) is 5.16. The van der Waals surface area contributed by atoms with E-state index in [9.17, 15) is 4.79 Å². The Hall–Kier alpha value is -1.31. The van der Waals surface area contributed by atoms with Crippen LogP contribution in [-0.4, -0.2) is 11.1 Å². The molecule has 86 valence electrons. The normalized spacial score (nSPS) is 28.1. The van der Waals surface area contributed by atoms with Gasteiger partial charge in [-0.05, 0) is 24.8 Å². The van der Waals surface area contributed by atoms with E-state index >= 15 is 0 Å². The summed E-state index contributed by atoms with van der Waals surface area (Å²) in [4.78, 5) is 11.1. The fraction of sp³-hybridized carbons (Fsp3) is 0.500. The Balaban J connectivity index is 2.36. The molecule has 0 saturated heterocycles. The Morgan fingerprint density at radius 2 is 1.94 bits per heavy atom. The highest BCUT2D eigenvalue weighted by atomic mass is 16.4. The third kappa shape index (κ3) is 1.53. The summed E-state index contributed by atoms with van der Waals surface area (Å²) in [7, 11) is 0. The average Bonchev–Trinajstić information content (AvgIpc) is 2.95. The van der Waals surface area contributed by atoms with E-state index in [1.165, 1.54) is 11.1 Å². The first kappa shape index (κ1) is 11.2. The van der Waals surface area contributed by atoms with Crippen molar-refractivity contribution >= 4 is 5.97 Å². The molecular weight excluding hydrogens is 200 g/mol. The molecule has 0 spiro atoms. The monoisotopic (exact) mass is 218 g/mol. The number of carboxylic acids is 1. The van der Waals surface area contributed by atoms with Crippen molar-refractivity contribution < 1.29 is 9.90 Å². The van der Waals surface area contributed by atoms with Crippen LogP contribution in [0.1, 0.15) is 31.4 Å². The topological polar surface area (TPSA) is 37.3 Å². The maximum atomic E-state index is 11.1. The van der Waals surface area contributed by atoms with Crippen LogP contribution in [0.2, 0.25) is 0 Å². The van der Waals surface area contributed by atoms with Gasteiger partial charge in [-0.3, -0.25) is 4.79 Å². The zero-order valence-electron chi connectivity index (χ0n) is 10.0. The molecule has 2 heteroatoms. The van der Waals surface area contributed by atoms with Gasteiger partial charge in [0.1, 0.15) is 0 Å². The lowest BCUT2D eigenvalue weighted by molar-refractivity contribution is -0.139. The average molecular weight is 218 g/mol. The van der Waals surface area contributed by atoms with Gasteiger partial charge >= 0.3 is 5.97 Å². The smallest absolute Gasteiger partial charge is 0.307 e. The van der Waals surface area contributed by atoms with Crippen LogP contribution in [0.25, 0.3) is 0 Å². The van der Waals surface area contributed by atoms with E-state index < -0.39 is 5.97 Å². The van der Waals surface area contributed by atoms with Crippen LogP contribution in [-0.2, 0) is 10.2 Å². The second-order valence-electron chi connectivity index (χ2n) is 5.16. The summed E-state index contributed by atoms with van der Waals surface area (Å²) in [5.74, 6) is -0.485. The molecule has 0 aromatic heterocycles. The summed E-state index contributed by atoms with van der Waals surface area (Å²) >= 11 is 0. The molecule has 0 aliphatic heterocycles. The quantitative estimate of drug-likeness (QED) is 0.846. The van der Waals surface area contributed by atoms with E-state index in [1.807, 2.05) is 6.92 Å². The van der Waals surface area contributed by atoms with E-state index in [0.717, 1.165) is 6.42 Å². The van der Waals surface area contributed by atoms with Crippen LogP contribution in [0.15, 0.2) is 24.3 Å². The van der Waals surface area contributed by atoms with Crippen LogP contribution in [0, 0.1) is 18.8 Å². The standard InChI is InChI=1S/C14H18O2/c1-9(2)14(8-12(14)13(15)16)11-6-4-10(3)5-7-11/h4-7,9,12H,8H2,1-3H3,(H,15,16)/t12-,14?/m0/s1. The summed E-state index contributed by atoms with van der Waals surface area (Å²) in [5, 5.41) is 9.15. The Kier molecular flexibility index (Phi) is 2.53. The van der Waals surface area contributed by atoms with Crippen molar-refractivity contribution in [1.82, 2.24) is 0 Å². The third-order valence-corrected chi connectivity index (χ3v) is 3.92. The van der Waals surface area contributed by atoms with Gasteiger partial charge in [-0.2, -0.15) is 0 Å². The number of rotatable bonds is 3. The summed E-state index contributed by atoms with van der Waals surface area (Å²) in [6, 6.07) is 8.30. The number of hydrogen-bond donors (Lipinski definition) is 1. The van der Waals surface area contributed by atoms with Gasteiger partial charge in [0, 0.05) is 5.41 Å². The highest BCUT2D eigenvalue weighted by molar-refractivity contribution is 5.77. The molecule has 2 nitrogen and oxygen atoms in total. The molecule has 0 amide bonds. The predicted molar refractivity (Wildman–Crippen MR) is 63.4 cm³/mol. The second kappa shape index (κ2) is 3.62. The summed E-state index contributed by atoms with van der Waals surface area (Å²) in [6.45, 7) is 6.28. The Labute approximate surface area is 96.3 Å². The fourth-order valence-electron chi connectivity index (χ4n) is 2.74. The van der Waals surface area contributed by atoms with Gasteiger partial charge in [0.05, 0.1) is 5.92 Å². The van der Waals surface area contributed by atoms with Crippen LogP contribution in [0.5, 0.6) is 0 Å². The first-order valence-electron chi connectivity index (χ1n) is 5.78. The number of aliphatic carboxylic acids is 1. The molecule has 1 fully saturated rings. The van der Waals surface area contributed by atoms with Crippen LogP contribution in [0.4, 0.5) is 0 Å². The summed E-state index contributed by atoms with van der Waals surface area (Å²) in [6.07, 6.45) is 0.781. The maximum Gasteiger partial charge on any atom is 0.307 e. The van der Waals surface area contributed by atoms with Crippen molar-refractivity contribution in [3.05, 3.63) is 35.4 Å². The van der Waals surface area contributed by atoms with E-state index in [4.69, 9.17) is 5.11 Å². The molecule has 1 aromatic carbocycles. The lowest BCUT2D eigenvalue weighted by Crippen LogP contribution is -2.21. The third-order valence-electron chi connectivity index (χ3n) is 3.92. The minimum atomic E-state index is -0.658. The Morgan fingerprint density at radius 1 is 1.38 bits per heavy atom. The van der Waals surface area contributed by atoms with Gasteiger partial charge in [0.25, 0.3) is 0 Å². The van der Waals surface area contributed by atoms with Crippen molar-refractivity contribution in [1.29, 1.82) is 0 Å². The Bertz CT molecular complexity index is 405. The van der Waals surface area contributed by atoms with Gasteiger partial charge in [-0.25, -0.2) is 0 Å². The van der Waals surface area contributed by atoms with E-state index in [0.29, 0.717) is 5.92 Å². The number of aryl methyl sites for hydroxylation is 1. The molecule has 1 aliphatic carbocycles. The first-order valence-corrected chi connectivity index (χ1v) is 5.78. The minimum absolute atomic E-state index is 0.125. The molecule has 1 unspecified atom stereocenters. The molecule has 0 bridgehead atoms. The largest absolute Gasteiger partial charge is 0.481 e. The number of carbonyl (C=O) groups is 1. The molecule has 1 aromatic rings. The maximum absolute atomic E-state index is 11.1. The zero-order chi connectivity index (χ0) is 11.9. The molecular formula is C14H18O2. The van der Waals surface area contributed by atoms with Crippen LogP contribution < -0.4 is 0 Å². The summed E-state index contributed by atoms with van der Waals surface area (Å²) < 4.78 is 0. The fourth-order valence-corrected chi connectivity index (χ4v) is 2.74. The molecule has 0 radical (unpaired) electrons. The first-order chi connectivity index (χ1) is 7.48. The molecule has 1 N–H and O–H groups in total. The Morgan fingerprint density at radius 3 is 2.31 bits per heavy atom. The van der Waals surface area contributed by atoms with Crippen molar-refractivity contribution in [3.63, 3.8) is 0 Å². The van der Waals surface area contributed by atoms with Gasteiger partial charge < -0.3 is 5.11 Å². The van der Waals surface area contributed by atoms with E-state index in [1.54, 1.807) is 0 Å². The highest BCUT2D eigenvalue weighted by Gasteiger charge is 2.61. The zero-order valence-corrected chi connectivity index (χ0v) is 10.0. The summed E-state index contributed by atoms with van der Waals surface area (Å²) in [5.41, 5.74) is 2.27. The highest BCUT2D eigenvalue weighted by Crippen LogP contribution is 2.59. The van der Waals surface area contributed by atoms with Crippen molar-refractivity contribution in [2.45, 2.75) is 32.6 Å². The molecule has 0 heterocycles. The van der Waals surface area contributed by atoms with Crippen LogP contribution >= 0.6 is 0 Å². The van der Waals surface area contributed by atoms with Gasteiger partial charge in [0.2, 0.25) is 0 Å². The van der Waals surface area contributed by atoms with Crippen molar-refractivity contribution in [2.24, 2.45) is 11.8 Å². The van der Waals surface area contributed by atoms with Gasteiger partial charge in [0.15, 0.2) is 0 Å². The predicted octanol–water partition coefficient (Wildman–Crippen LogP) is 2.99. The van der Waals surface area contributed by atoms with Crippen molar-refractivity contribution in [3.8, 4) is 0 Å². The number of benzene rings is 1. The van der Waals surface area contributed by atoms with Crippen molar-refractivity contribution in [2.75, 3.05) is 0 Å². The van der Waals surface area contributed by atoms with E-state index in [-0.39, 0.29) is 11.3 Å². The van der Waals surface area contributed by atoms with E-state index in [2.05, 4.69) is 38.1 Å². The molecule has 1 aliphatic rings. The molecule has 2 atom stereocenters. The minimum Gasteiger partial charge on any atom is -0.481 e. The number of carboxylic acid groups (broad SMARTS) is 1. The lowest BCUT2D eigenvalue weighted by Gasteiger charge is -2.21. The molecule has 2 rings (SSSR count). The van der Waals surface area contributed by atoms with Crippen LogP contribution in [0.3, 0.4) is 0 Å². The molecule has 16 heavy (non-hydrogen) atoms. The van der Waals surface area contributed by atoms with Gasteiger partial charge in [-0.15, -0.1) is 0 Å². The number of hydrogen-bond acceptors (Lipinski definition) is 1. The lowest BCUT2D eigenvalue weighted by atomic mass is 9.82.